The van der Waals surface area contributed by atoms with Crippen LogP contribution in [0.4, 0.5) is 0 Å². The van der Waals surface area contributed by atoms with Crippen LogP contribution in [0.3, 0.4) is 0 Å². The molecule has 3 heteroatoms. The summed E-state index contributed by atoms with van der Waals surface area (Å²) in [7, 11) is 0. The number of aryl methyl sites for hydroxylation is 1. The molecular formula is C17H17BrO2. The molecule has 3 rings (SSSR count). The molecule has 0 fully saturated rings. The molecule has 0 saturated carbocycles. The molecule has 0 saturated heterocycles. The summed E-state index contributed by atoms with van der Waals surface area (Å²) in [6.07, 6.45) is 0.547. The summed E-state index contributed by atoms with van der Waals surface area (Å²) >= 11 is 3.48. The van der Waals surface area contributed by atoms with Crippen molar-refractivity contribution in [3.63, 3.8) is 0 Å². The lowest BCUT2D eigenvalue weighted by Crippen LogP contribution is -2.05. The molecule has 0 amide bonds. The van der Waals surface area contributed by atoms with Gasteiger partial charge in [0.1, 0.15) is 18.0 Å². The van der Waals surface area contributed by atoms with Gasteiger partial charge in [-0.25, -0.2) is 0 Å². The summed E-state index contributed by atoms with van der Waals surface area (Å²) in [6.45, 7) is 4.09. The summed E-state index contributed by atoms with van der Waals surface area (Å²) in [6, 6.07) is 11.9. The van der Waals surface area contributed by atoms with Crippen molar-refractivity contribution in [3.8, 4) is 5.75 Å². The average molecular weight is 333 g/mol. The van der Waals surface area contributed by atoms with Crippen molar-refractivity contribution < 1.29 is 9.84 Å². The van der Waals surface area contributed by atoms with Gasteiger partial charge >= 0.3 is 0 Å². The lowest BCUT2D eigenvalue weighted by Gasteiger charge is -2.14. The molecule has 2 aromatic carbocycles. The second-order valence-electron chi connectivity index (χ2n) is 5.41. The second kappa shape index (κ2) is 5.23. The number of hydrogen-bond donors (Lipinski definition) is 1. The standard InChI is InChI=1S/C17H17BrO2/c1-10-7-12(3-5-15(10)18)17(19)13-4-6-16-14(9-13)8-11(2)20-16/h3-7,9,11,17,19H,8H2,1-2H3. The van der Waals surface area contributed by atoms with E-state index in [0.29, 0.717) is 0 Å². The monoisotopic (exact) mass is 332 g/mol. The van der Waals surface area contributed by atoms with Gasteiger partial charge in [0.05, 0.1) is 0 Å². The molecule has 1 aliphatic rings. The fourth-order valence-electron chi connectivity index (χ4n) is 2.64. The third-order valence-corrected chi connectivity index (χ3v) is 4.62. The van der Waals surface area contributed by atoms with Gasteiger partial charge in [-0.3, -0.25) is 0 Å². The second-order valence-corrected chi connectivity index (χ2v) is 6.27. The van der Waals surface area contributed by atoms with Gasteiger partial charge in [0.2, 0.25) is 0 Å². The fraction of sp³-hybridized carbons (Fsp3) is 0.294. The van der Waals surface area contributed by atoms with Gasteiger partial charge < -0.3 is 9.84 Å². The van der Waals surface area contributed by atoms with E-state index < -0.39 is 6.10 Å². The highest BCUT2D eigenvalue weighted by atomic mass is 79.9. The zero-order chi connectivity index (χ0) is 14.3. The van der Waals surface area contributed by atoms with E-state index >= 15 is 0 Å². The van der Waals surface area contributed by atoms with E-state index in [1.54, 1.807) is 0 Å². The quantitative estimate of drug-likeness (QED) is 0.894. The molecule has 0 aliphatic carbocycles. The number of halogens is 1. The van der Waals surface area contributed by atoms with Gasteiger partial charge in [-0.05, 0) is 54.3 Å². The van der Waals surface area contributed by atoms with Crippen LogP contribution in [0.5, 0.6) is 5.75 Å². The van der Waals surface area contributed by atoms with Crippen LogP contribution >= 0.6 is 15.9 Å². The molecule has 20 heavy (non-hydrogen) atoms. The molecule has 1 heterocycles. The van der Waals surface area contributed by atoms with Gasteiger partial charge in [0, 0.05) is 10.9 Å². The normalized spacial score (nSPS) is 18.5. The van der Waals surface area contributed by atoms with Crippen LogP contribution in [-0.2, 0) is 6.42 Å². The van der Waals surface area contributed by atoms with Gasteiger partial charge in [0.15, 0.2) is 0 Å². The summed E-state index contributed by atoms with van der Waals surface area (Å²) in [4.78, 5) is 0. The Morgan fingerprint density at radius 3 is 2.65 bits per heavy atom. The van der Waals surface area contributed by atoms with Gasteiger partial charge in [0.25, 0.3) is 0 Å². The Labute approximate surface area is 127 Å². The third-order valence-electron chi connectivity index (χ3n) is 3.73. The molecule has 0 spiro atoms. The molecule has 2 aromatic rings. The van der Waals surface area contributed by atoms with Crippen LogP contribution in [0.1, 0.15) is 35.3 Å². The Kier molecular flexibility index (Phi) is 3.57. The number of rotatable bonds is 2. The van der Waals surface area contributed by atoms with Crippen LogP contribution in [0.15, 0.2) is 40.9 Å². The molecule has 1 N–H and O–H groups in total. The van der Waals surface area contributed by atoms with Crippen molar-refractivity contribution >= 4 is 15.9 Å². The van der Waals surface area contributed by atoms with Crippen molar-refractivity contribution in [2.24, 2.45) is 0 Å². The van der Waals surface area contributed by atoms with E-state index in [9.17, 15) is 5.11 Å². The number of hydrogen-bond acceptors (Lipinski definition) is 2. The lowest BCUT2D eigenvalue weighted by atomic mass is 9.97. The maximum absolute atomic E-state index is 10.5. The zero-order valence-electron chi connectivity index (χ0n) is 11.6. The minimum Gasteiger partial charge on any atom is -0.490 e. The Bertz CT molecular complexity index is 651. The zero-order valence-corrected chi connectivity index (χ0v) is 13.1. The molecule has 2 atom stereocenters. The first-order valence-corrected chi connectivity index (χ1v) is 7.57. The number of aliphatic hydroxyl groups excluding tert-OH is 1. The van der Waals surface area contributed by atoms with Crippen molar-refractivity contribution in [2.45, 2.75) is 32.5 Å². The van der Waals surface area contributed by atoms with Gasteiger partial charge in [-0.15, -0.1) is 0 Å². The van der Waals surface area contributed by atoms with Gasteiger partial charge in [-0.2, -0.15) is 0 Å². The highest BCUT2D eigenvalue weighted by Crippen LogP contribution is 2.33. The van der Waals surface area contributed by atoms with Crippen molar-refractivity contribution in [1.29, 1.82) is 0 Å². The Morgan fingerprint density at radius 1 is 1.20 bits per heavy atom. The van der Waals surface area contributed by atoms with E-state index in [-0.39, 0.29) is 6.10 Å². The lowest BCUT2D eigenvalue weighted by molar-refractivity contribution is 0.220. The first kappa shape index (κ1) is 13.7. The van der Waals surface area contributed by atoms with Gasteiger partial charge in [-0.1, -0.05) is 34.1 Å². The number of ether oxygens (including phenoxy) is 1. The van der Waals surface area contributed by atoms with E-state index in [2.05, 4.69) is 28.9 Å². The first-order chi connectivity index (χ1) is 9.54. The molecule has 2 unspecified atom stereocenters. The summed E-state index contributed by atoms with van der Waals surface area (Å²) in [5.74, 6) is 0.945. The highest BCUT2D eigenvalue weighted by Gasteiger charge is 2.21. The Hall–Kier alpha value is -1.32. The van der Waals surface area contributed by atoms with Crippen molar-refractivity contribution in [2.75, 3.05) is 0 Å². The molecule has 0 radical (unpaired) electrons. The highest BCUT2D eigenvalue weighted by molar-refractivity contribution is 9.10. The third kappa shape index (κ3) is 2.48. The molecule has 1 aliphatic heterocycles. The fourth-order valence-corrected chi connectivity index (χ4v) is 2.89. The van der Waals surface area contributed by atoms with E-state index in [4.69, 9.17) is 4.74 Å². The van der Waals surface area contributed by atoms with E-state index in [1.165, 1.54) is 5.56 Å². The van der Waals surface area contributed by atoms with E-state index in [1.807, 2.05) is 37.3 Å². The van der Waals surface area contributed by atoms with Crippen LogP contribution in [0, 0.1) is 6.92 Å². The smallest absolute Gasteiger partial charge is 0.123 e. The van der Waals surface area contributed by atoms with Crippen LogP contribution in [0.25, 0.3) is 0 Å². The minimum atomic E-state index is -0.594. The SMILES string of the molecule is Cc1cc(C(O)c2ccc3c(c2)CC(C)O3)ccc1Br. The summed E-state index contributed by atoms with van der Waals surface area (Å²) in [5.41, 5.74) is 4.14. The minimum absolute atomic E-state index is 0.229. The topological polar surface area (TPSA) is 29.5 Å². The van der Waals surface area contributed by atoms with E-state index in [0.717, 1.165) is 33.3 Å². The number of aliphatic hydroxyl groups is 1. The van der Waals surface area contributed by atoms with Crippen molar-refractivity contribution in [1.82, 2.24) is 0 Å². The summed E-state index contributed by atoms with van der Waals surface area (Å²) in [5, 5.41) is 10.5. The number of benzene rings is 2. The Morgan fingerprint density at radius 2 is 1.90 bits per heavy atom. The average Bonchev–Trinajstić information content (AvgIpc) is 2.80. The largest absolute Gasteiger partial charge is 0.490 e. The van der Waals surface area contributed by atoms with Crippen LogP contribution < -0.4 is 4.74 Å². The first-order valence-electron chi connectivity index (χ1n) is 6.78. The maximum Gasteiger partial charge on any atom is 0.123 e. The Balaban J connectivity index is 1.93. The summed E-state index contributed by atoms with van der Waals surface area (Å²) < 4.78 is 6.75. The predicted molar refractivity (Wildman–Crippen MR) is 83.2 cm³/mol. The molecule has 104 valence electrons. The predicted octanol–water partition coefficient (Wildman–Crippen LogP) is 4.16. The van der Waals surface area contributed by atoms with Crippen molar-refractivity contribution in [3.05, 3.63) is 63.1 Å². The maximum atomic E-state index is 10.5. The molecule has 0 aromatic heterocycles. The molecule has 2 nitrogen and oxygen atoms in total. The molecule has 0 bridgehead atoms. The van der Waals surface area contributed by atoms with Crippen LogP contribution in [0.2, 0.25) is 0 Å². The molecular weight excluding hydrogens is 316 g/mol. The van der Waals surface area contributed by atoms with Crippen LogP contribution in [-0.4, -0.2) is 11.2 Å². The number of fused-ring (bicyclic) bond motifs is 1.